The number of carbonyl (C=O) groups is 4. The third-order valence-corrected chi connectivity index (χ3v) is 10.6. The summed E-state index contributed by atoms with van der Waals surface area (Å²) in [4.78, 5) is 49.5. The zero-order valence-corrected chi connectivity index (χ0v) is 32.6. The maximum absolute atomic E-state index is 12.2. The summed E-state index contributed by atoms with van der Waals surface area (Å²) in [6.07, 6.45) is 0. The van der Waals surface area contributed by atoms with Crippen molar-refractivity contribution in [2.24, 2.45) is 0 Å². The molecule has 2 amide bonds. The van der Waals surface area contributed by atoms with Crippen molar-refractivity contribution in [3.05, 3.63) is 202 Å². The quantitative estimate of drug-likeness (QED) is 0.0422. The summed E-state index contributed by atoms with van der Waals surface area (Å²) in [7, 11) is 1.37. The first-order valence-corrected chi connectivity index (χ1v) is 19.6. The second-order valence-electron chi connectivity index (χ2n) is 12.4. The van der Waals surface area contributed by atoms with E-state index in [9.17, 15) is 34.7 Å². The number of thioether (sulfide) groups is 2. The second-order valence-corrected chi connectivity index (χ2v) is 14.5. The molecule has 0 atom stereocenters. The van der Waals surface area contributed by atoms with Crippen LogP contribution in [0, 0.1) is 0 Å². The molecule has 0 saturated heterocycles. The van der Waals surface area contributed by atoms with E-state index in [1.54, 1.807) is 78.5 Å². The molecule has 12 heteroatoms. The lowest BCUT2D eigenvalue weighted by molar-refractivity contribution is -0.0648. The first-order chi connectivity index (χ1) is 27.6. The molecule has 3 N–H and O–H groups in total. The maximum atomic E-state index is 12.2. The van der Waals surface area contributed by atoms with Gasteiger partial charge in [0.25, 0.3) is 11.8 Å². The fourth-order valence-electron chi connectivity index (χ4n) is 5.46. The molecule has 6 aromatic rings. The van der Waals surface area contributed by atoms with Crippen LogP contribution in [-0.2, 0) is 29.3 Å². The van der Waals surface area contributed by atoms with Crippen LogP contribution < -0.4 is 0 Å². The van der Waals surface area contributed by atoms with E-state index in [2.05, 4.69) is 0 Å². The van der Waals surface area contributed by atoms with E-state index in [1.807, 2.05) is 91.0 Å². The van der Waals surface area contributed by atoms with Crippen molar-refractivity contribution in [3.8, 4) is 0 Å². The molecule has 0 aliphatic rings. The van der Waals surface area contributed by atoms with E-state index in [0.29, 0.717) is 43.9 Å². The molecule has 0 unspecified atom stereocenters. The lowest BCUT2D eigenvalue weighted by Crippen LogP contribution is -2.26. The molecule has 0 bridgehead atoms. The minimum atomic E-state index is -0.933. The Bertz CT molecular complexity index is 2250. The Morgan fingerprint density at radius 3 is 1.28 bits per heavy atom. The van der Waals surface area contributed by atoms with E-state index in [1.165, 1.54) is 18.9 Å². The van der Waals surface area contributed by atoms with E-state index in [-0.39, 0.29) is 19.1 Å². The molecule has 6 aromatic carbocycles. The van der Waals surface area contributed by atoms with Crippen molar-refractivity contribution in [3.63, 3.8) is 0 Å². The average Bonchev–Trinajstić information content (AvgIpc) is 3.26. The minimum Gasteiger partial charge on any atom is -0.478 e. The third-order valence-electron chi connectivity index (χ3n) is 8.48. The van der Waals surface area contributed by atoms with Crippen molar-refractivity contribution in [1.29, 1.82) is 0 Å². The van der Waals surface area contributed by atoms with Crippen LogP contribution >= 0.6 is 23.5 Å². The summed E-state index contributed by atoms with van der Waals surface area (Å²) >= 11 is 3.12. The Morgan fingerprint density at radius 2 is 0.877 bits per heavy atom. The molecular formula is C45H40N2O8S2. The van der Waals surface area contributed by atoms with Crippen LogP contribution in [0.25, 0.3) is 0 Å². The number of aromatic carboxylic acids is 1. The monoisotopic (exact) mass is 800 g/mol. The lowest BCUT2D eigenvalue weighted by atomic mass is 10.1. The third kappa shape index (κ3) is 12.4. The summed E-state index contributed by atoms with van der Waals surface area (Å²) < 4.78 is 4.83. The summed E-state index contributed by atoms with van der Waals surface area (Å²) in [5, 5.41) is 30.8. The van der Waals surface area contributed by atoms with E-state index in [0.717, 1.165) is 32.0 Å². The van der Waals surface area contributed by atoms with Gasteiger partial charge in [0.05, 0.1) is 31.3 Å². The number of ether oxygens (including phenoxy) is 1. The van der Waals surface area contributed by atoms with E-state index >= 15 is 0 Å². The van der Waals surface area contributed by atoms with Gasteiger partial charge < -0.3 is 9.84 Å². The van der Waals surface area contributed by atoms with Gasteiger partial charge >= 0.3 is 11.9 Å². The minimum absolute atomic E-state index is 0.0839. The number of hydrogen-bond acceptors (Lipinski definition) is 9. The summed E-state index contributed by atoms with van der Waals surface area (Å²) in [5.74, 6) is -1.00. The standard InChI is InChI=1S/C23H21NO4S.C22H19NO4S/c1-28-23(26)21-10-6-5-9-19(21)16-29-20-13-11-17(12-14-20)15-24(27)22(25)18-7-3-2-4-8-18;24-21(17-6-2-1-3-7-17)23(27)14-16-10-12-19(13-11-16)28-15-18-8-4-5-9-20(18)22(25)26/h2-14,27H,15-16H2,1H3;1-13,27H,14-15H2,(H,25,26). The number of carboxylic acid groups (broad SMARTS) is 1. The van der Waals surface area contributed by atoms with Crippen LogP contribution in [0.2, 0.25) is 0 Å². The Morgan fingerprint density at radius 1 is 0.509 bits per heavy atom. The van der Waals surface area contributed by atoms with Gasteiger partial charge in [-0.3, -0.25) is 20.0 Å². The van der Waals surface area contributed by atoms with Gasteiger partial charge in [-0.1, -0.05) is 97.1 Å². The fraction of sp³-hybridized carbons (Fsp3) is 0.111. The first-order valence-electron chi connectivity index (χ1n) is 17.7. The van der Waals surface area contributed by atoms with Crippen LogP contribution in [0.3, 0.4) is 0 Å². The average molecular weight is 801 g/mol. The topological polar surface area (TPSA) is 145 Å². The number of methoxy groups -OCH3 is 1. The maximum Gasteiger partial charge on any atom is 0.338 e. The number of carbonyl (C=O) groups excluding carboxylic acids is 3. The van der Waals surface area contributed by atoms with Gasteiger partial charge in [0, 0.05) is 32.4 Å². The van der Waals surface area contributed by atoms with Crippen molar-refractivity contribution < 1.29 is 39.4 Å². The van der Waals surface area contributed by atoms with Gasteiger partial charge in [0.1, 0.15) is 0 Å². The number of hydroxylamine groups is 4. The Balaban J connectivity index is 0.000000218. The zero-order chi connectivity index (χ0) is 40.6. The molecule has 0 heterocycles. The molecule has 6 rings (SSSR count). The number of esters is 1. The van der Waals surface area contributed by atoms with Crippen LogP contribution in [0.4, 0.5) is 0 Å². The van der Waals surface area contributed by atoms with Crippen LogP contribution in [0.1, 0.15) is 63.7 Å². The number of hydrogen-bond donors (Lipinski definition) is 3. The highest BCUT2D eigenvalue weighted by molar-refractivity contribution is 7.98. The van der Waals surface area contributed by atoms with Gasteiger partial charge in [0.15, 0.2) is 0 Å². The number of amides is 2. The first kappa shape index (κ1) is 42.0. The van der Waals surface area contributed by atoms with Gasteiger partial charge in [-0.05, 0) is 82.9 Å². The normalized spacial score (nSPS) is 10.4. The summed E-state index contributed by atoms with van der Waals surface area (Å²) in [5.41, 5.74) is 5.01. The number of rotatable bonds is 14. The largest absolute Gasteiger partial charge is 0.478 e. The van der Waals surface area contributed by atoms with Gasteiger partial charge in [0.2, 0.25) is 0 Å². The molecule has 0 fully saturated rings. The SMILES string of the molecule is COC(=O)c1ccccc1CSc1ccc(CN(O)C(=O)c2ccccc2)cc1.O=C(O)c1ccccc1CSc1ccc(CN(O)C(=O)c2ccccc2)cc1. The Kier molecular flexibility index (Phi) is 15.6. The highest BCUT2D eigenvalue weighted by Gasteiger charge is 2.16. The second kappa shape index (κ2) is 21.2. The highest BCUT2D eigenvalue weighted by atomic mass is 32.2. The zero-order valence-electron chi connectivity index (χ0n) is 30.9. The van der Waals surface area contributed by atoms with Gasteiger partial charge in [-0.15, -0.1) is 23.5 Å². The van der Waals surface area contributed by atoms with Crippen LogP contribution in [0.5, 0.6) is 0 Å². The smallest absolute Gasteiger partial charge is 0.338 e. The van der Waals surface area contributed by atoms with E-state index < -0.39 is 17.8 Å². The van der Waals surface area contributed by atoms with E-state index in [4.69, 9.17) is 4.74 Å². The van der Waals surface area contributed by atoms with Crippen LogP contribution in [-0.4, -0.2) is 56.5 Å². The molecule has 57 heavy (non-hydrogen) atoms. The predicted molar refractivity (Wildman–Crippen MR) is 219 cm³/mol. The highest BCUT2D eigenvalue weighted by Crippen LogP contribution is 2.27. The molecular weight excluding hydrogens is 761 g/mol. The molecule has 10 nitrogen and oxygen atoms in total. The van der Waals surface area contributed by atoms with Crippen molar-refractivity contribution in [2.75, 3.05) is 7.11 Å². The number of nitrogens with zero attached hydrogens (tertiary/aromatic N) is 2. The molecule has 0 aliphatic heterocycles. The molecule has 0 aliphatic carbocycles. The Labute approximate surface area is 339 Å². The van der Waals surface area contributed by atoms with Crippen molar-refractivity contribution >= 4 is 47.3 Å². The fourth-order valence-corrected chi connectivity index (χ4v) is 7.27. The molecule has 0 radical (unpaired) electrons. The lowest BCUT2D eigenvalue weighted by Gasteiger charge is -2.15. The van der Waals surface area contributed by atoms with Crippen molar-refractivity contribution in [1.82, 2.24) is 10.1 Å². The molecule has 0 aromatic heterocycles. The number of carboxylic acids is 1. The predicted octanol–water partition coefficient (Wildman–Crippen LogP) is 9.51. The molecule has 290 valence electrons. The Hall–Kier alpha value is -6.18. The molecule has 0 saturated carbocycles. The number of benzene rings is 6. The van der Waals surface area contributed by atoms with Crippen molar-refractivity contribution in [2.45, 2.75) is 34.4 Å². The molecule has 0 spiro atoms. The van der Waals surface area contributed by atoms with Gasteiger partial charge in [-0.2, -0.15) is 0 Å². The van der Waals surface area contributed by atoms with Crippen LogP contribution in [0.15, 0.2) is 168 Å². The summed E-state index contributed by atoms with van der Waals surface area (Å²) in [6.45, 7) is 0.185. The summed E-state index contributed by atoms with van der Waals surface area (Å²) in [6, 6.07) is 46.6. The van der Waals surface area contributed by atoms with Gasteiger partial charge in [-0.25, -0.2) is 19.7 Å².